The molecule has 2 atom stereocenters. The molecular weight excluding hydrogens is 288 g/mol. The van der Waals surface area contributed by atoms with Gasteiger partial charge in [-0.05, 0) is 61.6 Å². The topological polar surface area (TPSA) is 49.7 Å². The van der Waals surface area contributed by atoms with Gasteiger partial charge in [-0.3, -0.25) is 0 Å². The molecule has 0 saturated carbocycles. The number of para-hydroxylation sites is 1. The minimum Gasteiger partial charge on any atom is -0.457 e. The van der Waals surface area contributed by atoms with Crippen molar-refractivity contribution >= 4 is 0 Å². The first-order valence-electron chi connectivity index (χ1n) is 8.28. The quantitative estimate of drug-likeness (QED) is 0.766. The zero-order valence-electron chi connectivity index (χ0n) is 13.9. The Morgan fingerprint density at radius 1 is 0.913 bits per heavy atom. The van der Waals surface area contributed by atoms with Gasteiger partial charge in [0, 0.05) is 0 Å². The summed E-state index contributed by atoms with van der Waals surface area (Å²) in [7, 11) is 0. The maximum absolute atomic E-state index is 9.98. The average molecular weight is 314 g/mol. The molecule has 0 aliphatic rings. The van der Waals surface area contributed by atoms with Crippen molar-refractivity contribution in [3.05, 3.63) is 59.7 Å². The van der Waals surface area contributed by atoms with Crippen LogP contribution in [0.15, 0.2) is 48.5 Å². The molecule has 0 radical (unpaired) electrons. The summed E-state index contributed by atoms with van der Waals surface area (Å²) in [5, 5.41) is 19.8. The van der Waals surface area contributed by atoms with Crippen molar-refractivity contribution in [3.8, 4) is 11.5 Å². The molecule has 0 aromatic heterocycles. The van der Waals surface area contributed by atoms with E-state index in [4.69, 9.17) is 4.74 Å². The largest absolute Gasteiger partial charge is 0.457 e. The van der Waals surface area contributed by atoms with Crippen LogP contribution in [0.25, 0.3) is 0 Å². The number of hydrogen-bond acceptors (Lipinski definition) is 3. The fourth-order valence-electron chi connectivity index (χ4n) is 2.62. The van der Waals surface area contributed by atoms with Crippen molar-refractivity contribution in [1.29, 1.82) is 0 Å². The van der Waals surface area contributed by atoms with E-state index in [9.17, 15) is 10.2 Å². The summed E-state index contributed by atoms with van der Waals surface area (Å²) < 4.78 is 5.82. The van der Waals surface area contributed by atoms with Crippen LogP contribution in [0.5, 0.6) is 11.5 Å². The van der Waals surface area contributed by atoms with Crippen LogP contribution in [0.2, 0.25) is 0 Å². The number of rotatable bonds is 8. The third-order valence-electron chi connectivity index (χ3n) is 4.03. The highest BCUT2D eigenvalue weighted by atomic mass is 16.5. The Hall–Kier alpha value is -1.84. The van der Waals surface area contributed by atoms with Crippen LogP contribution in [-0.4, -0.2) is 22.4 Å². The van der Waals surface area contributed by atoms with Gasteiger partial charge >= 0.3 is 0 Å². The molecule has 0 saturated heterocycles. The minimum atomic E-state index is -0.658. The summed E-state index contributed by atoms with van der Waals surface area (Å²) in [6.07, 6.45) is 1.56. The maximum atomic E-state index is 9.98. The lowest BCUT2D eigenvalue weighted by Crippen LogP contribution is -2.26. The monoisotopic (exact) mass is 314 g/mol. The highest BCUT2D eigenvalue weighted by molar-refractivity contribution is 5.37. The Labute approximate surface area is 138 Å². The van der Waals surface area contributed by atoms with E-state index >= 15 is 0 Å². The molecule has 2 rings (SSSR count). The summed E-state index contributed by atoms with van der Waals surface area (Å²) in [5.41, 5.74) is 2.31. The first-order valence-corrected chi connectivity index (χ1v) is 8.28. The van der Waals surface area contributed by atoms with Crippen LogP contribution < -0.4 is 4.74 Å². The van der Waals surface area contributed by atoms with E-state index in [0.29, 0.717) is 12.8 Å². The molecule has 124 valence electrons. The summed E-state index contributed by atoms with van der Waals surface area (Å²) in [4.78, 5) is 0. The average Bonchev–Trinajstić information content (AvgIpc) is 2.55. The fourth-order valence-corrected chi connectivity index (χ4v) is 2.62. The zero-order valence-corrected chi connectivity index (χ0v) is 13.9. The second-order valence-electron chi connectivity index (χ2n) is 5.97. The van der Waals surface area contributed by atoms with Gasteiger partial charge < -0.3 is 14.9 Å². The number of hydrogen-bond donors (Lipinski definition) is 2. The highest BCUT2D eigenvalue weighted by Crippen LogP contribution is 2.24. The third kappa shape index (κ3) is 5.38. The normalized spacial score (nSPS) is 13.6. The van der Waals surface area contributed by atoms with E-state index in [-0.39, 0.29) is 0 Å². The minimum absolute atomic E-state index is 0.570. The Morgan fingerprint density at radius 2 is 1.61 bits per heavy atom. The molecule has 0 heterocycles. The summed E-state index contributed by atoms with van der Waals surface area (Å²) >= 11 is 0. The van der Waals surface area contributed by atoms with E-state index in [1.165, 1.54) is 5.56 Å². The van der Waals surface area contributed by atoms with Crippen LogP contribution >= 0.6 is 0 Å². The Balaban J connectivity index is 1.94. The third-order valence-corrected chi connectivity index (χ3v) is 4.03. The van der Waals surface area contributed by atoms with Gasteiger partial charge in [-0.15, -0.1) is 0 Å². The summed E-state index contributed by atoms with van der Waals surface area (Å²) in [6.45, 7) is 4.05. The Bertz CT molecular complexity index is 595. The number of ether oxygens (including phenoxy) is 1. The van der Waals surface area contributed by atoms with E-state index < -0.39 is 12.2 Å². The van der Waals surface area contributed by atoms with Crippen molar-refractivity contribution in [2.24, 2.45) is 0 Å². The van der Waals surface area contributed by atoms with Crippen molar-refractivity contribution in [2.45, 2.75) is 51.7 Å². The van der Waals surface area contributed by atoms with Crippen LogP contribution in [0.1, 0.15) is 37.3 Å². The smallest absolute Gasteiger partial charge is 0.127 e. The Kier molecular flexibility index (Phi) is 6.63. The molecule has 0 fully saturated rings. The highest BCUT2D eigenvalue weighted by Gasteiger charge is 2.15. The Morgan fingerprint density at radius 3 is 2.26 bits per heavy atom. The van der Waals surface area contributed by atoms with Gasteiger partial charge in [0.05, 0.1) is 12.2 Å². The lowest BCUT2D eigenvalue weighted by Gasteiger charge is -2.17. The summed E-state index contributed by atoms with van der Waals surface area (Å²) in [6, 6.07) is 15.7. The standard InChI is InChI=1S/C20H26O3/c1-3-7-19(21)20(22)13-11-16-10-12-18(14-15(16)2)23-17-8-5-4-6-9-17/h4-6,8-10,12,14,19-22H,3,7,11,13H2,1-2H3. The number of aliphatic hydroxyl groups is 2. The predicted molar refractivity (Wildman–Crippen MR) is 92.9 cm³/mol. The van der Waals surface area contributed by atoms with Crippen LogP contribution in [-0.2, 0) is 6.42 Å². The lowest BCUT2D eigenvalue weighted by molar-refractivity contribution is 0.00979. The number of benzene rings is 2. The molecule has 23 heavy (non-hydrogen) atoms. The predicted octanol–water partition coefficient (Wildman–Crippen LogP) is 4.24. The van der Waals surface area contributed by atoms with Crippen LogP contribution in [0, 0.1) is 6.92 Å². The van der Waals surface area contributed by atoms with Gasteiger partial charge in [-0.25, -0.2) is 0 Å². The van der Waals surface area contributed by atoms with Gasteiger partial charge in [0.1, 0.15) is 11.5 Å². The second kappa shape index (κ2) is 8.70. The number of aliphatic hydroxyl groups excluding tert-OH is 2. The lowest BCUT2D eigenvalue weighted by atomic mass is 9.98. The van der Waals surface area contributed by atoms with Gasteiger partial charge in [0.25, 0.3) is 0 Å². The molecule has 2 unspecified atom stereocenters. The van der Waals surface area contributed by atoms with Gasteiger partial charge in [-0.2, -0.15) is 0 Å². The van der Waals surface area contributed by atoms with Crippen LogP contribution in [0.4, 0.5) is 0 Å². The van der Waals surface area contributed by atoms with Gasteiger partial charge in [0.2, 0.25) is 0 Å². The molecule has 0 aliphatic carbocycles. The molecule has 2 aromatic carbocycles. The summed E-state index contributed by atoms with van der Waals surface area (Å²) in [5.74, 6) is 1.63. The van der Waals surface area contributed by atoms with Crippen molar-refractivity contribution in [3.63, 3.8) is 0 Å². The molecule has 0 amide bonds. The van der Waals surface area contributed by atoms with Gasteiger partial charge in [-0.1, -0.05) is 37.6 Å². The first kappa shape index (κ1) is 17.5. The molecule has 3 heteroatoms. The SMILES string of the molecule is CCCC(O)C(O)CCc1ccc(Oc2ccccc2)cc1C. The molecular formula is C20H26O3. The second-order valence-corrected chi connectivity index (χ2v) is 5.97. The van der Waals surface area contributed by atoms with E-state index in [1.54, 1.807) is 0 Å². The molecule has 0 aliphatic heterocycles. The first-order chi connectivity index (χ1) is 11.1. The molecule has 0 bridgehead atoms. The van der Waals surface area contributed by atoms with Crippen molar-refractivity contribution < 1.29 is 14.9 Å². The molecule has 0 spiro atoms. The number of aryl methyl sites for hydroxylation is 2. The van der Waals surface area contributed by atoms with E-state index in [0.717, 1.165) is 29.9 Å². The molecule has 3 nitrogen and oxygen atoms in total. The zero-order chi connectivity index (χ0) is 16.7. The van der Waals surface area contributed by atoms with Crippen molar-refractivity contribution in [2.75, 3.05) is 0 Å². The maximum Gasteiger partial charge on any atom is 0.127 e. The van der Waals surface area contributed by atoms with E-state index in [2.05, 4.69) is 0 Å². The fraction of sp³-hybridized carbons (Fsp3) is 0.400. The van der Waals surface area contributed by atoms with E-state index in [1.807, 2.05) is 62.4 Å². The van der Waals surface area contributed by atoms with Crippen molar-refractivity contribution in [1.82, 2.24) is 0 Å². The molecule has 2 N–H and O–H groups in total. The van der Waals surface area contributed by atoms with Gasteiger partial charge in [0.15, 0.2) is 0 Å². The van der Waals surface area contributed by atoms with Crippen LogP contribution in [0.3, 0.4) is 0 Å². The molecule has 2 aromatic rings.